The fraction of sp³-hybridized carbons (Fsp3) is 0.125. The second kappa shape index (κ2) is 7.71. The number of benzene rings is 2. The van der Waals surface area contributed by atoms with Crippen molar-refractivity contribution in [3.63, 3.8) is 0 Å². The molecule has 23 heavy (non-hydrogen) atoms. The molecule has 3 N–H and O–H groups in total. The number of halogens is 2. The van der Waals surface area contributed by atoms with Gasteiger partial charge in [-0.25, -0.2) is 4.39 Å². The van der Waals surface area contributed by atoms with Crippen molar-refractivity contribution < 1.29 is 19.1 Å². The second-order valence-corrected chi connectivity index (χ2v) is 5.16. The number of nitrogens with one attached hydrogen (secondary N) is 2. The molecular formula is C16H14ClFN2O3. The highest BCUT2D eigenvalue weighted by molar-refractivity contribution is 6.39. The summed E-state index contributed by atoms with van der Waals surface area (Å²) >= 11 is 5.77. The van der Waals surface area contributed by atoms with Gasteiger partial charge in [-0.1, -0.05) is 29.8 Å². The predicted octanol–water partition coefficient (Wildman–Crippen LogP) is 2.27. The highest BCUT2D eigenvalue weighted by Crippen LogP contribution is 2.16. The van der Waals surface area contributed by atoms with Crippen LogP contribution in [-0.2, 0) is 9.59 Å². The van der Waals surface area contributed by atoms with Crippen LogP contribution in [0.15, 0.2) is 48.5 Å². The van der Waals surface area contributed by atoms with E-state index in [1.54, 1.807) is 24.3 Å². The summed E-state index contributed by atoms with van der Waals surface area (Å²) in [6.07, 6.45) is 0. The Morgan fingerprint density at radius 3 is 2.43 bits per heavy atom. The SMILES string of the molecule is O=C(Nc1cccc(F)c1)C(=O)NC(CO)c1ccc(Cl)cc1. The van der Waals surface area contributed by atoms with Crippen LogP contribution in [0.5, 0.6) is 0 Å². The number of rotatable bonds is 4. The molecule has 0 saturated heterocycles. The summed E-state index contributed by atoms with van der Waals surface area (Å²) in [6.45, 7) is -0.388. The third-order valence-electron chi connectivity index (χ3n) is 3.05. The Labute approximate surface area is 137 Å². The van der Waals surface area contributed by atoms with E-state index in [0.29, 0.717) is 10.6 Å². The molecule has 0 saturated carbocycles. The number of aliphatic hydroxyl groups is 1. The minimum Gasteiger partial charge on any atom is -0.394 e. The van der Waals surface area contributed by atoms with Gasteiger partial charge in [-0.15, -0.1) is 0 Å². The summed E-state index contributed by atoms with van der Waals surface area (Å²) in [5.41, 5.74) is 0.765. The maximum atomic E-state index is 13.0. The summed E-state index contributed by atoms with van der Waals surface area (Å²) < 4.78 is 13.0. The first-order valence-electron chi connectivity index (χ1n) is 6.73. The molecule has 7 heteroatoms. The van der Waals surface area contributed by atoms with E-state index in [9.17, 15) is 19.1 Å². The number of hydrogen-bond donors (Lipinski definition) is 3. The van der Waals surface area contributed by atoms with Gasteiger partial charge < -0.3 is 15.7 Å². The van der Waals surface area contributed by atoms with E-state index in [0.717, 1.165) is 6.07 Å². The lowest BCUT2D eigenvalue weighted by atomic mass is 10.1. The molecule has 2 amide bonds. The molecule has 2 rings (SSSR count). The first-order chi connectivity index (χ1) is 11.0. The highest BCUT2D eigenvalue weighted by atomic mass is 35.5. The molecule has 0 aliphatic rings. The minimum atomic E-state index is -0.956. The number of hydrogen-bond acceptors (Lipinski definition) is 3. The van der Waals surface area contributed by atoms with Crippen LogP contribution in [-0.4, -0.2) is 23.5 Å². The van der Waals surface area contributed by atoms with Gasteiger partial charge in [0.05, 0.1) is 12.6 Å². The predicted molar refractivity (Wildman–Crippen MR) is 84.5 cm³/mol. The normalized spacial score (nSPS) is 11.6. The fourth-order valence-corrected chi connectivity index (χ4v) is 2.03. The number of anilines is 1. The number of amides is 2. The smallest absolute Gasteiger partial charge is 0.313 e. The lowest BCUT2D eigenvalue weighted by Crippen LogP contribution is -2.39. The summed E-state index contributed by atoms with van der Waals surface area (Å²) in [4.78, 5) is 23.7. The molecule has 0 radical (unpaired) electrons. The quantitative estimate of drug-likeness (QED) is 0.749. The molecule has 0 bridgehead atoms. The van der Waals surface area contributed by atoms with Gasteiger partial charge in [-0.05, 0) is 35.9 Å². The van der Waals surface area contributed by atoms with Crippen molar-refractivity contribution in [1.82, 2.24) is 5.32 Å². The largest absolute Gasteiger partial charge is 0.394 e. The summed E-state index contributed by atoms with van der Waals surface area (Å²) in [5.74, 6) is -2.43. The maximum Gasteiger partial charge on any atom is 0.313 e. The monoisotopic (exact) mass is 336 g/mol. The van der Waals surface area contributed by atoms with Gasteiger partial charge in [0.15, 0.2) is 0 Å². The van der Waals surface area contributed by atoms with Crippen molar-refractivity contribution in [2.45, 2.75) is 6.04 Å². The molecule has 0 aliphatic heterocycles. The van der Waals surface area contributed by atoms with Crippen LogP contribution in [0.2, 0.25) is 5.02 Å². The third kappa shape index (κ3) is 4.77. The summed E-state index contributed by atoms with van der Waals surface area (Å²) in [7, 11) is 0. The molecular weight excluding hydrogens is 323 g/mol. The summed E-state index contributed by atoms with van der Waals surface area (Å²) in [6, 6.07) is 10.9. The van der Waals surface area contributed by atoms with Gasteiger partial charge in [0, 0.05) is 10.7 Å². The number of aliphatic hydroxyl groups excluding tert-OH is 1. The second-order valence-electron chi connectivity index (χ2n) is 4.72. The maximum absolute atomic E-state index is 13.0. The van der Waals surface area contributed by atoms with Crippen molar-refractivity contribution in [2.75, 3.05) is 11.9 Å². The Morgan fingerprint density at radius 2 is 1.83 bits per heavy atom. The van der Waals surface area contributed by atoms with Gasteiger partial charge in [-0.2, -0.15) is 0 Å². The average molecular weight is 337 g/mol. The average Bonchev–Trinajstić information content (AvgIpc) is 2.53. The van der Waals surface area contributed by atoms with Gasteiger partial charge >= 0.3 is 11.8 Å². The third-order valence-corrected chi connectivity index (χ3v) is 3.30. The van der Waals surface area contributed by atoms with E-state index in [-0.39, 0.29) is 12.3 Å². The lowest BCUT2D eigenvalue weighted by molar-refractivity contribution is -0.136. The molecule has 0 aromatic heterocycles. The van der Waals surface area contributed by atoms with Crippen LogP contribution in [0, 0.1) is 5.82 Å². The lowest BCUT2D eigenvalue weighted by Gasteiger charge is -2.16. The molecule has 0 aliphatic carbocycles. The van der Waals surface area contributed by atoms with E-state index in [4.69, 9.17) is 11.6 Å². The Hall–Kier alpha value is -2.44. The molecule has 2 aromatic rings. The van der Waals surface area contributed by atoms with Crippen molar-refractivity contribution in [1.29, 1.82) is 0 Å². The Balaban J connectivity index is 2.01. The van der Waals surface area contributed by atoms with Crippen LogP contribution in [0.25, 0.3) is 0 Å². The number of carbonyl (C=O) groups is 2. The van der Waals surface area contributed by atoms with Gasteiger partial charge in [0.25, 0.3) is 0 Å². The molecule has 1 atom stereocenters. The highest BCUT2D eigenvalue weighted by Gasteiger charge is 2.19. The van der Waals surface area contributed by atoms with E-state index >= 15 is 0 Å². The van der Waals surface area contributed by atoms with Gasteiger partial charge in [-0.3, -0.25) is 9.59 Å². The Morgan fingerprint density at radius 1 is 1.13 bits per heavy atom. The molecule has 1 unspecified atom stereocenters. The van der Waals surface area contributed by atoms with Crippen molar-refractivity contribution in [2.24, 2.45) is 0 Å². The Bertz CT molecular complexity index is 707. The Kier molecular flexibility index (Phi) is 5.67. The zero-order valence-electron chi connectivity index (χ0n) is 11.9. The molecule has 0 heterocycles. The van der Waals surface area contributed by atoms with E-state index in [2.05, 4.69) is 10.6 Å². The van der Waals surface area contributed by atoms with E-state index < -0.39 is 23.7 Å². The van der Waals surface area contributed by atoms with Crippen LogP contribution in [0.3, 0.4) is 0 Å². The van der Waals surface area contributed by atoms with Crippen molar-refractivity contribution in [3.05, 3.63) is 64.9 Å². The fourth-order valence-electron chi connectivity index (χ4n) is 1.91. The van der Waals surface area contributed by atoms with Crippen LogP contribution >= 0.6 is 11.6 Å². The van der Waals surface area contributed by atoms with Crippen LogP contribution in [0.1, 0.15) is 11.6 Å². The molecule has 120 valence electrons. The molecule has 0 spiro atoms. The first kappa shape index (κ1) is 16.9. The standard InChI is InChI=1S/C16H14ClFN2O3/c17-11-6-4-10(5-7-11)14(9-21)20-16(23)15(22)19-13-3-1-2-12(18)8-13/h1-8,14,21H,9H2,(H,19,22)(H,20,23). The zero-order chi connectivity index (χ0) is 16.8. The van der Waals surface area contributed by atoms with Crippen molar-refractivity contribution in [3.8, 4) is 0 Å². The van der Waals surface area contributed by atoms with Crippen LogP contribution in [0.4, 0.5) is 10.1 Å². The zero-order valence-corrected chi connectivity index (χ0v) is 12.7. The van der Waals surface area contributed by atoms with E-state index in [1.807, 2.05) is 0 Å². The van der Waals surface area contributed by atoms with Crippen LogP contribution < -0.4 is 10.6 Å². The number of carbonyl (C=O) groups excluding carboxylic acids is 2. The van der Waals surface area contributed by atoms with Gasteiger partial charge in [0.2, 0.25) is 0 Å². The minimum absolute atomic E-state index is 0.164. The topological polar surface area (TPSA) is 78.4 Å². The molecule has 0 fully saturated rings. The summed E-state index contributed by atoms with van der Waals surface area (Å²) in [5, 5.41) is 14.6. The first-order valence-corrected chi connectivity index (χ1v) is 7.11. The molecule has 5 nitrogen and oxygen atoms in total. The van der Waals surface area contributed by atoms with E-state index in [1.165, 1.54) is 18.2 Å². The molecule has 2 aromatic carbocycles. The van der Waals surface area contributed by atoms with Crippen molar-refractivity contribution >= 4 is 29.1 Å². The van der Waals surface area contributed by atoms with Gasteiger partial charge in [0.1, 0.15) is 5.82 Å².